The third-order valence-corrected chi connectivity index (χ3v) is 3.59. The summed E-state index contributed by atoms with van der Waals surface area (Å²) in [5.41, 5.74) is 0.934. The average Bonchev–Trinajstić information content (AvgIpc) is 2.96. The van der Waals surface area contributed by atoms with Crippen LogP contribution in [-0.2, 0) is 0 Å². The molecule has 1 atom stereocenters. The van der Waals surface area contributed by atoms with Crippen LogP contribution < -0.4 is 5.32 Å². The number of aliphatic hydroxyl groups excluding tert-OH is 1. The number of hydrogen-bond acceptors (Lipinski definition) is 3. The number of hydrogen-bond donors (Lipinski definition) is 3. The summed E-state index contributed by atoms with van der Waals surface area (Å²) in [5, 5.41) is 18.5. The van der Waals surface area contributed by atoms with Gasteiger partial charge in [0.2, 0.25) is 0 Å². The lowest BCUT2D eigenvalue weighted by Gasteiger charge is -2.21. The standard InChI is InChI=1S/C16H20FN3O2/c1-10(2)14(7-8-21)19-16(22)12-9-18-20-15(12)11-5-3-4-6-13(11)17/h3-6,9-10,14,21H,7-8H2,1-2H3,(H,18,20)(H,19,22). The zero-order valence-corrected chi connectivity index (χ0v) is 12.6. The van der Waals surface area contributed by atoms with Crippen LogP contribution in [0.2, 0.25) is 0 Å². The van der Waals surface area contributed by atoms with Crippen LogP contribution in [0.15, 0.2) is 30.5 Å². The minimum Gasteiger partial charge on any atom is -0.396 e. The van der Waals surface area contributed by atoms with E-state index in [0.717, 1.165) is 0 Å². The van der Waals surface area contributed by atoms with Gasteiger partial charge in [-0.1, -0.05) is 26.0 Å². The molecular weight excluding hydrogens is 285 g/mol. The van der Waals surface area contributed by atoms with E-state index in [1.54, 1.807) is 18.2 Å². The van der Waals surface area contributed by atoms with Crippen LogP contribution in [0.3, 0.4) is 0 Å². The second-order valence-corrected chi connectivity index (χ2v) is 5.47. The molecule has 0 aliphatic carbocycles. The Balaban J connectivity index is 2.25. The van der Waals surface area contributed by atoms with Crippen molar-refractivity contribution in [2.75, 3.05) is 6.61 Å². The van der Waals surface area contributed by atoms with Gasteiger partial charge in [0, 0.05) is 18.2 Å². The molecule has 2 rings (SSSR count). The first-order valence-corrected chi connectivity index (χ1v) is 7.24. The zero-order valence-electron chi connectivity index (χ0n) is 12.6. The van der Waals surface area contributed by atoms with E-state index in [2.05, 4.69) is 15.5 Å². The number of aromatic nitrogens is 2. The van der Waals surface area contributed by atoms with Crippen molar-refractivity contribution >= 4 is 5.91 Å². The summed E-state index contributed by atoms with van der Waals surface area (Å²) in [6.07, 6.45) is 1.85. The van der Waals surface area contributed by atoms with E-state index in [1.807, 2.05) is 13.8 Å². The van der Waals surface area contributed by atoms with Crippen molar-refractivity contribution in [1.29, 1.82) is 0 Å². The Bertz CT molecular complexity index is 640. The van der Waals surface area contributed by atoms with Crippen molar-refractivity contribution in [3.05, 3.63) is 41.8 Å². The van der Waals surface area contributed by atoms with Crippen molar-refractivity contribution in [1.82, 2.24) is 15.5 Å². The Labute approximate surface area is 128 Å². The topological polar surface area (TPSA) is 78.0 Å². The molecule has 1 aromatic carbocycles. The maximum Gasteiger partial charge on any atom is 0.255 e. The van der Waals surface area contributed by atoms with Crippen molar-refractivity contribution in [2.24, 2.45) is 5.92 Å². The zero-order chi connectivity index (χ0) is 16.1. The number of carbonyl (C=O) groups excluding carboxylic acids is 1. The van der Waals surface area contributed by atoms with Crippen LogP contribution in [0.1, 0.15) is 30.6 Å². The third-order valence-electron chi connectivity index (χ3n) is 3.59. The second kappa shape index (κ2) is 7.17. The number of aliphatic hydroxyl groups is 1. The molecule has 0 bridgehead atoms. The van der Waals surface area contributed by atoms with Gasteiger partial charge >= 0.3 is 0 Å². The fourth-order valence-electron chi connectivity index (χ4n) is 2.28. The monoisotopic (exact) mass is 305 g/mol. The van der Waals surface area contributed by atoms with Crippen LogP contribution in [0, 0.1) is 11.7 Å². The second-order valence-electron chi connectivity index (χ2n) is 5.47. The molecule has 1 unspecified atom stereocenters. The van der Waals surface area contributed by atoms with E-state index in [1.165, 1.54) is 12.3 Å². The molecule has 22 heavy (non-hydrogen) atoms. The van der Waals surface area contributed by atoms with Crippen LogP contribution in [0.25, 0.3) is 11.3 Å². The predicted molar refractivity (Wildman–Crippen MR) is 81.8 cm³/mol. The van der Waals surface area contributed by atoms with Crippen LogP contribution in [0.5, 0.6) is 0 Å². The molecule has 1 aromatic heterocycles. The van der Waals surface area contributed by atoms with Gasteiger partial charge in [0.15, 0.2) is 0 Å². The number of H-pyrrole nitrogens is 1. The molecule has 0 spiro atoms. The number of nitrogens with one attached hydrogen (secondary N) is 2. The van der Waals surface area contributed by atoms with Crippen molar-refractivity contribution in [2.45, 2.75) is 26.3 Å². The lowest BCUT2D eigenvalue weighted by molar-refractivity contribution is 0.0917. The summed E-state index contributed by atoms with van der Waals surface area (Å²) in [4.78, 5) is 12.4. The van der Waals surface area contributed by atoms with Crippen LogP contribution >= 0.6 is 0 Å². The highest BCUT2D eigenvalue weighted by Gasteiger charge is 2.21. The fourth-order valence-corrected chi connectivity index (χ4v) is 2.28. The molecular formula is C16H20FN3O2. The van der Waals surface area contributed by atoms with Gasteiger partial charge in [-0.25, -0.2) is 4.39 Å². The molecule has 0 radical (unpaired) electrons. The molecule has 0 fully saturated rings. The Morgan fingerprint density at radius 1 is 1.41 bits per heavy atom. The summed E-state index contributed by atoms with van der Waals surface area (Å²) >= 11 is 0. The number of halogens is 1. The highest BCUT2D eigenvalue weighted by molar-refractivity contribution is 5.99. The van der Waals surface area contributed by atoms with E-state index in [-0.39, 0.29) is 30.0 Å². The molecule has 0 saturated carbocycles. The van der Waals surface area contributed by atoms with E-state index < -0.39 is 5.82 Å². The van der Waals surface area contributed by atoms with Crippen LogP contribution in [-0.4, -0.2) is 33.9 Å². The van der Waals surface area contributed by atoms with E-state index in [0.29, 0.717) is 17.7 Å². The number of amides is 1. The summed E-state index contributed by atoms with van der Waals surface area (Å²) in [6, 6.07) is 6.06. The Morgan fingerprint density at radius 3 is 2.77 bits per heavy atom. The maximum atomic E-state index is 13.9. The molecule has 1 amide bonds. The van der Waals surface area contributed by atoms with Gasteiger partial charge in [-0.05, 0) is 24.5 Å². The lowest BCUT2D eigenvalue weighted by Crippen LogP contribution is -2.39. The van der Waals surface area contributed by atoms with Gasteiger partial charge in [0.1, 0.15) is 5.82 Å². The minimum atomic E-state index is -0.420. The number of benzene rings is 1. The number of nitrogens with zero attached hydrogens (tertiary/aromatic N) is 1. The Hall–Kier alpha value is -2.21. The third kappa shape index (κ3) is 3.51. The lowest BCUT2D eigenvalue weighted by atomic mass is 10.0. The molecule has 6 heteroatoms. The van der Waals surface area contributed by atoms with E-state index >= 15 is 0 Å². The molecule has 118 valence electrons. The summed E-state index contributed by atoms with van der Waals surface area (Å²) < 4.78 is 13.9. The van der Waals surface area contributed by atoms with Gasteiger partial charge < -0.3 is 10.4 Å². The molecule has 5 nitrogen and oxygen atoms in total. The maximum absolute atomic E-state index is 13.9. The molecule has 3 N–H and O–H groups in total. The van der Waals surface area contributed by atoms with Crippen molar-refractivity contribution in [3.63, 3.8) is 0 Å². The first kappa shape index (κ1) is 16.2. The summed E-state index contributed by atoms with van der Waals surface area (Å²) in [5.74, 6) is -0.573. The predicted octanol–water partition coefficient (Wildman–Crippen LogP) is 2.35. The largest absolute Gasteiger partial charge is 0.396 e. The Morgan fingerprint density at radius 2 is 2.14 bits per heavy atom. The van der Waals surface area contributed by atoms with Gasteiger partial charge in [-0.2, -0.15) is 5.10 Å². The SMILES string of the molecule is CC(C)C(CCO)NC(=O)c1cn[nH]c1-c1ccccc1F. The smallest absolute Gasteiger partial charge is 0.255 e. The normalized spacial score (nSPS) is 12.4. The number of aromatic amines is 1. The molecule has 0 aliphatic rings. The minimum absolute atomic E-state index is 0.00527. The highest BCUT2D eigenvalue weighted by Crippen LogP contribution is 2.24. The first-order valence-electron chi connectivity index (χ1n) is 7.24. The number of rotatable bonds is 6. The Kier molecular flexibility index (Phi) is 5.27. The summed E-state index contributed by atoms with van der Waals surface area (Å²) in [7, 11) is 0. The van der Waals surface area contributed by atoms with Crippen molar-refractivity contribution < 1.29 is 14.3 Å². The van der Waals surface area contributed by atoms with Crippen molar-refractivity contribution in [3.8, 4) is 11.3 Å². The molecule has 0 saturated heterocycles. The molecule has 1 heterocycles. The number of carbonyl (C=O) groups is 1. The van der Waals surface area contributed by atoms with Gasteiger partial charge in [0.05, 0.1) is 17.5 Å². The highest BCUT2D eigenvalue weighted by atomic mass is 19.1. The van der Waals surface area contributed by atoms with Gasteiger partial charge in [0.25, 0.3) is 5.91 Å². The van der Waals surface area contributed by atoms with E-state index in [4.69, 9.17) is 5.11 Å². The van der Waals surface area contributed by atoms with Gasteiger partial charge in [-0.3, -0.25) is 9.89 Å². The fraction of sp³-hybridized carbons (Fsp3) is 0.375. The first-order chi connectivity index (χ1) is 10.5. The quantitative estimate of drug-likeness (QED) is 0.766. The molecule has 0 aliphatic heterocycles. The summed E-state index contributed by atoms with van der Waals surface area (Å²) in [6.45, 7) is 3.93. The van der Waals surface area contributed by atoms with E-state index in [9.17, 15) is 9.18 Å². The van der Waals surface area contributed by atoms with Crippen LogP contribution in [0.4, 0.5) is 4.39 Å². The molecule has 2 aromatic rings. The average molecular weight is 305 g/mol. The van der Waals surface area contributed by atoms with Gasteiger partial charge in [-0.15, -0.1) is 0 Å².